The average Bonchev–Trinajstić information content (AvgIpc) is 2.91. The highest BCUT2D eigenvalue weighted by Gasteiger charge is 2.32. The Labute approximate surface area is 130 Å². The van der Waals surface area contributed by atoms with Crippen LogP contribution in [-0.4, -0.2) is 34.4 Å². The minimum Gasteiger partial charge on any atom is -0.383 e. The highest BCUT2D eigenvalue weighted by Crippen LogP contribution is 2.27. The van der Waals surface area contributed by atoms with Crippen LogP contribution in [0.5, 0.6) is 0 Å². The lowest BCUT2D eigenvalue weighted by molar-refractivity contribution is -0.141. The summed E-state index contributed by atoms with van der Waals surface area (Å²) >= 11 is 0. The van der Waals surface area contributed by atoms with Crippen LogP contribution in [0.2, 0.25) is 0 Å². The molecule has 0 spiro atoms. The first-order chi connectivity index (χ1) is 10.9. The van der Waals surface area contributed by atoms with Crippen molar-refractivity contribution < 1.29 is 22.7 Å². The van der Waals surface area contributed by atoms with Crippen LogP contribution >= 0.6 is 0 Å². The van der Waals surface area contributed by atoms with Crippen molar-refractivity contribution in [3.63, 3.8) is 0 Å². The molecule has 1 amide bonds. The molecule has 0 aliphatic carbocycles. The first-order valence-electron chi connectivity index (χ1n) is 6.74. The molecule has 124 valence electrons. The van der Waals surface area contributed by atoms with E-state index in [-0.39, 0.29) is 12.1 Å². The molecule has 0 saturated carbocycles. The van der Waals surface area contributed by atoms with E-state index in [0.717, 1.165) is 6.07 Å². The van der Waals surface area contributed by atoms with Crippen molar-refractivity contribution >= 4 is 11.7 Å². The van der Waals surface area contributed by atoms with E-state index in [1.807, 2.05) is 0 Å². The summed E-state index contributed by atoms with van der Waals surface area (Å²) in [5.74, 6) is -0.174. The normalized spacial score (nSPS) is 11.5. The number of ether oxygens (including phenoxy) is 1. The number of nitrogens with one attached hydrogen (secondary N) is 1. The molecule has 0 aliphatic heterocycles. The lowest BCUT2D eigenvalue weighted by atomic mass is 10.2. The van der Waals surface area contributed by atoms with Crippen LogP contribution in [0.4, 0.5) is 19.0 Å². The molecule has 0 unspecified atom stereocenters. The van der Waals surface area contributed by atoms with Gasteiger partial charge in [0.1, 0.15) is 5.69 Å². The number of halogens is 3. The maximum atomic E-state index is 12.6. The number of carbonyl (C=O) groups is 1. The van der Waals surface area contributed by atoms with Crippen molar-refractivity contribution in [3.05, 3.63) is 41.9 Å². The van der Waals surface area contributed by atoms with E-state index < -0.39 is 17.8 Å². The molecule has 0 aliphatic rings. The highest BCUT2D eigenvalue weighted by molar-refractivity contribution is 5.91. The molecule has 0 bridgehead atoms. The van der Waals surface area contributed by atoms with Crippen LogP contribution in [0.1, 0.15) is 11.4 Å². The van der Waals surface area contributed by atoms with Crippen molar-refractivity contribution in [1.29, 1.82) is 0 Å². The Morgan fingerprint density at radius 3 is 2.83 bits per heavy atom. The summed E-state index contributed by atoms with van der Waals surface area (Å²) in [5, 5.41) is 6.60. The number of rotatable bonds is 6. The van der Waals surface area contributed by atoms with Gasteiger partial charge in [-0.25, -0.2) is 4.98 Å². The van der Waals surface area contributed by atoms with Crippen LogP contribution in [0.15, 0.2) is 30.5 Å². The zero-order chi connectivity index (χ0) is 16.9. The van der Waals surface area contributed by atoms with Gasteiger partial charge < -0.3 is 10.1 Å². The molecule has 2 aromatic heterocycles. The Morgan fingerprint density at radius 2 is 2.13 bits per heavy atom. The number of alkyl halides is 3. The summed E-state index contributed by atoms with van der Waals surface area (Å²) in [5.41, 5.74) is -0.984. The van der Waals surface area contributed by atoms with Gasteiger partial charge in [-0.15, -0.1) is 0 Å². The number of methoxy groups -OCH3 is 1. The Kier molecular flexibility index (Phi) is 5.32. The smallest absolute Gasteiger partial charge is 0.383 e. The fourth-order valence-electron chi connectivity index (χ4n) is 1.83. The molecule has 0 atom stereocenters. The number of nitrogens with zero attached hydrogens (tertiary/aromatic N) is 3. The standard InChI is InChI=1S/C14H15F3N4O2/c1-23-8-7-21-6-5-12(20-21)19-13(22)9-10-3-2-4-11(18-10)14(15,16)17/h2-6H,7-9H2,1H3,(H,19,20,22). The number of hydrogen-bond donors (Lipinski definition) is 1. The number of pyridine rings is 1. The van der Waals surface area contributed by atoms with E-state index >= 15 is 0 Å². The maximum absolute atomic E-state index is 12.6. The molecule has 0 aromatic carbocycles. The van der Waals surface area contributed by atoms with Crippen molar-refractivity contribution in [1.82, 2.24) is 14.8 Å². The third-order valence-corrected chi connectivity index (χ3v) is 2.87. The number of aromatic nitrogens is 3. The molecule has 2 aromatic rings. The van der Waals surface area contributed by atoms with Crippen molar-refractivity contribution in [3.8, 4) is 0 Å². The van der Waals surface area contributed by atoms with E-state index in [2.05, 4.69) is 15.4 Å². The van der Waals surface area contributed by atoms with E-state index in [1.54, 1.807) is 24.1 Å². The number of carbonyl (C=O) groups excluding carboxylic acids is 1. The van der Waals surface area contributed by atoms with Gasteiger partial charge in [-0.2, -0.15) is 18.3 Å². The topological polar surface area (TPSA) is 69.0 Å². The van der Waals surface area contributed by atoms with Crippen LogP contribution in [0.3, 0.4) is 0 Å². The zero-order valence-electron chi connectivity index (χ0n) is 12.3. The lowest BCUT2D eigenvalue weighted by Gasteiger charge is -2.07. The summed E-state index contributed by atoms with van der Waals surface area (Å²) in [6, 6.07) is 5.04. The molecule has 1 N–H and O–H groups in total. The molecule has 23 heavy (non-hydrogen) atoms. The van der Waals surface area contributed by atoms with E-state index in [0.29, 0.717) is 19.0 Å². The molecule has 0 fully saturated rings. The summed E-state index contributed by atoms with van der Waals surface area (Å²) < 4.78 is 44.2. The van der Waals surface area contributed by atoms with Crippen LogP contribution in [0, 0.1) is 0 Å². The monoisotopic (exact) mass is 328 g/mol. The van der Waals surface area contributed by atoms with Crippen LogP contribution in [0.25, 0.3) is 0 Å². The molecule has 0 radical (unpaired) electrons. The molecular formula is C14H15F3N4O2. The zero-order valence-corrected chi connectivity index (χ0v) is 12.3. The van der Waals surface area contributed by atoms with E-state index in [4.69, 9.17) is 4.74 Å². The third kappa shape index (κ3) is 5.06. The van der Waals surface area contributed by atoms with Gasteiger partial charge in [0.25, 0.3) is 0 Å². The predicted octanol–water partition coefficient (Wildman–Crippen LogP) is 2.12. The summed E-state index contributed by atoms with van der Waals surface area (Å²) in [4.78, 5) is 15.3. The minimum atomic E-state index is -4.54. The summed E-state index contributed by atoms with van der Waals surface area (Å²) in [6.45, 7) is 1.00. The quantitative estimate of drug-likeness (QED) is 0.882. The largest absolute Gasteiger partial charge is 0.433 e. The fourth-order valence-corrected chi connectivity index (χ4v) is 1.83. The third-order valence-electron chi connectivity index (χ3n) is 2.87. The van der Waals surface area contributed by atoms with Gasteiger partial charge >= 0.3 is 6.18 Å². The maximum Gasteiger partial charge on any atom is 0.433 e. The van der Waals surface area contributed by atoms with Gasteiger partial charge in [0.05, 0.1) is 25.3 Å². The van der Waals surface area contributed by atoms with Crippen molar-refractivity contribution in [2.24, 2.45) is 0 Å². The predicted molar refractivity (Wildman–Crippen MR) is 75.7 cm³/mol. The summed E-state index contributed by atoms with van der Waals surface area (Å²) in [6.07, 6.45) is -3.14. The molecule has 2 heterocycles. The van der Waals surface area contributed by atoms with Gasteiger partial charge in [0, 0.05) is 19.4 Å². The Bertz CT molecular complexity index is 670. The SMILES string of the molecule is COCCn1ccc(NC(=O)Cc2cccc(C(F)(F)F)n2)n1. The van der Waals surface area contributed by atoms with Crippen LogP contribution < -0.4 is 5.32 Å². The fraction of sp³-hybridized carbons (Fsp3) is 0.357. The second kappa shape index (κ2) is 7.23. The van der Waals surface area contributed by atoms with Crippen LogP contribution in [-0.2, 0) is 28.7 Å². The lowest BCUT2D eigenvalue weighted by Crippen LogP contribution is -2.17. The number of amides is 1. The minimum absolute atomic E-state index is 0.0381. The van der Waals surface area contributed by atoms with Gasteiger partial charge in [-0.3, -0.25) is 9.48 Å². The molecular weight excluding hydrogens is 313 g/mol. The van der Waals surface area contributed by atoms with Crippen molar-refractivity contribution in [2.75, 3.05) is 19.0 Å². The molecule has 2 rings (SSSR count). The van der Waals surface area contributed by atoms with E-state index in [9.17, 15) is 18.0 Å². The average molecular weight is 328 g/mol. The Balaban J connectivity index is 1.96. The van der Waals surface area contributed by atoms with Gasteiger partial charge in [0.2, 0.25) is 5.91 Å². The Hall–Kier alpha value is -2.42. The van der Waals surface area contributed by atoms with Gasteiger partial charge in [0.15, 0.2) is 5.82 Å². The number of hydrogen-bond acceptors (Lipinski definition) is 4. The summed E-state index contributed by atoms with van der Waals surface area (Å²) in [7, 11) is 1.56. The van der Waals surface area contributed by atoms with Gasteiger partial charge in [-0.1, -0.05) is 6.07 Å². The van der Waals surface area contributed by atoms with E-state index in [1.165, 1.54) is 12.1 Å². The van der Waals surface area contributed by atoms with Gasteiger partial charge in [-0.05, 0) is 12.1 Å². The first-order valence-corrected chi connectivity index (χ1v) is 6.74. The second-order valence-corrected chi connectivity index (χ2v) is 4.69. The Morgan fingerprint density at radius 1 is 1.35 bits per heavy atom. The molecule has 6 nitrogen and oxygen atoms in total. The molecule has 9 heteroatoms. The molecule has 0 saturated heterocycles. The second-order valence-electron chi connectivity index (χ2n) is 4.69. The highest BCUT2D eigenvalue weighted by atomic mass is 19.4. The first kappa shape index (κ1) is 16.9. The number of anilines is 1. The van der Waals surface area contributed by atoms with Crippen molar-refractivity contribution in [2.45, 2.75) is 19.1 Å².